The lowest BCUT2D eigenvalue weighted by Crippen LogP contribution is -2.32. The monoisotopic (exact) mass is 391 g/mol. The number of amides is 1. The van der Waals surface area contributed by atoms with Gasteiger partial charge >= 0.3 is 5.69 Å². The third kappa shape index (κ3) is 3.74. The van der Waals surface area contributed by atoms with Crippen LogP contribution in [0.1, 0.15) is 45.1 Å². The number of nitrogens with one attached hydrogen (secondary N) is 1. The third-order valence-electron chi connectivity index (χ3n) is 5.90. The molecule has 2 aromatic carbocycles. The first-order chi connectivity index (χ1) is 14.0. The number of imidazole rings is 1. The fourth-order valence-corrected chi connectivity index (χ4v) is 4.44. The Morgan fingerprint density at radius 2 is 1.72 bits per heavy atom. The van der Waals surface area contributed by atoms with E-state index in [4.69, 9.17) is 0 Å². The summed E-state index contributed by atoms with van der Waals surface area (Å²) in [7, 11) is 0. The minimum Gasteiger partial charge on any atom is -0.312 e. The third-order valence-corrected chi connectivity index (χ3v) is 5.90. The molecule has 4 rings (SSSR count). The van der Waals surface area contributed by atoms with Crippen LogP contribution in [0.4, 0.5) is 5.69 Å². The maximum atomic E-state index is 13.1. The molecule has 0 aliphatic carbocycles. The van der Waals surface area contributed by atoms with Crippen molar-refractivity contribution in [1.29, 1.82) is 0 Å². The summed E-state index contributed by atoms with van der Waals surface area (Å²) in [5.74, 6) is 0.940. The van der Waals surface area contributed by atoms with E-state index in [0.717, 1.165) is 35.1 Å². The number of nitrogens with zero attached hydrogens (tertiary/aromatic N) is 2. The molecule has 0 saturated heterocycles. The number of benzene rings is 2. The molecule has 5 nitrogen and oxygen atoms in total. The summed E-state index contributed by atoms with van der Waals surface area (Å²) in [6.07, 6.45) is 1.73. The number of fused-ring (bicyclic) bond motifs is 2. The van der Waals surface area contributed by atoms with Crippen molar-refractivity contribution in [3.8, 4) is 0 Å². The number of carbonyl (C=O) groups excluding carboxylic acids is 1. The van der Waals surface area contributed by atoms with E-state index in [1.165, 1.54) is 0 Å². The molecular formula is C24H29N3O2. The highest BCUT2D eigenvalue weighted by atomic mass is 16.2. The lowest BCUT2D eigenvalue weighted by atomic mass is 9.91. The molecule has 1 aliphatic heterocycles. The van der Waals surface area contributed by atoms with Gasteiger partial charge in [-0.25, -0.2) is 4.79 Å². The highest BCUT2D eigenvalue weighted by molar-refractivity contribution is 6.04. The molecule has 0 fully saturated rings. The Morgan fingerprint density at radius 3 is 2.52 bits per heavy atom. The van der Waals surface area contributed by atoms with Gasteiger partial charge in [0, 0.05) is 18.8 Å². The number of hydrogen-bond acceptors (Lipinski definition) is 2. The zero-order valence-corrected chi connectivity index (χ0v) is 17.4. The van der Waals surface area contributed by atoms with Crippen molar-refractivity contribution in [3.63, 3.8) is 0 Å². The first kappa shape index (κ1) is 19.5. The Bertz CT molecular complexity index is 1080. The molecule has 29 heavy (non-hydrogen) atoms. The van der Waals surface area contributed by atoms with Crippen molar-refractivity contribution in [3.05, 3.63) is 64.6 Å². The summed E-state index contributed by atoms with van der Waals surface area (Å²) in [5.41, 5.74) is 3.94. The largest absolute Gasteiger partial charge is 0.326 e. The minimum atomic E-state index is -0.0716. The van der Waals surface area contributed by atoms with Crippen molar-refractivity contribution >= 4 is 22.6 Å². The molecule has 1 amide bonds. The number of carbonyl (C=O) groups is 1. The van der Waals surface area contributed by atoms with E-state index in [2.05, 4.69) is 37.9 Å². The summed E-state index contributed by atoms with van der Waals surface area (Å²) in [6.45, 7) is 7.80. The first-order valence-electron chi connectivity index (χ1n) is 10.5. The van der Waals surface area contributed by atoms with E-state index in [-0.39, 0.29) is 23.4 Å². The second kappa shape index (κ2) is 7.90. The van der Waals surface area contributed by atoms with E-state index in [0.29, 0.717) is 19.0 Å². The van der Waals surface area contributed by atoms with E-state index < -0.39 is 0 Å². The molecule has 0 saturated carbocycles. The van der Waals surface area contributed by atoms with Crippen LogP contribution >= 0.6 is 0 Å². The van der Waals surface area contributed by atoms with Gasteiger partial charge in [-0.1, -0.05) is 51.1 Å². The van der Waals surface area contributed by atoms with Crippen LogP contribution in [0.15, 0.2) is 53.3 Å². The van der Waals surface area contributed by atoms with Crippen molar-refractivity contribution in [1.82, 2.24) is 9.55 Å². The van der Waals surface area contributed by atoms with Gasteiger partial charge < -0.3 is 9.88 Å². The van der Waals surface area contributed by atoms with Gasteiger partial charge in [0.15, 0.2) is 0 Å². The SMILES string of the molecule is CC(C)CC1C(=O)N(CCC(C)Cn2c(=O)[nH]c3ccccc32)c2ccccc21. The highest BCUT2D eigenvalue weighted by Gasteiger charge is 2.36. The Labute approximate surface area is 171 Å². The van der Waals surface area contributed by atoms with Crippen LogP contribution in [-0.4, -0.2) is 22.0 Å². The maximum Gasteiger partial charge on any atom is 0.326 e. The van der Waals surface area contributed by atoms with Gasteiger partial charge in [0.25, 0.3) is 0 Å². The number of para-hydroxylation sites is 3. The molecule has 2 unspecified atom stereocenters. The van der Waals surface area contributed by atoms with Gasteiger partial charge in [-0.15, -0.1) is 0 Å². The lowest BCUT2D eigenvalue weighted by Gasteiger charge is -2.21. The van der Waals surface area contributed by atoms with E-state index in [1.54, 1.807) is 4.57 Å². The van der Waals surface area contributed by atoms with Crippen LogP contribution in [0.5, 0.6) is 0 Å². The maximum absolute atomic E-state index is 13.1. The van der Waals surface area contributed by atoms with Crippen LogP contribution in [0, 0.1) is 11.8 Å². The Kier molecular flexibility index (Phi) is 5.31. The fraction of sp³-hybridized carbons (Fsp3) is 0.417. The van der Waals surface area contributed by atoms with Crippen LogP contribution < -0.4 is 10.6 Å². The molecule has 0 spiro atoms. The number of anilines is 1. The standard InChI is InChI=1S/C24H29N3O2/c1-16(2)14-19-18-8-4-6-10-21(18)26(23(19)28)13-12-17(3)15-27-22-11-7-5-9-20(22)25-24(27)29/h4-11,16-17,19H,12-15H2,1-3H3,(H,25,29). The molecule has 5 heteroatoms. The predicted octanol–water partition coefficient (Wildman–Crippen LogP) is 4.53. The van der Waals surface area contributed by atoms with Gasteiger partial charge in [-0.3, -0.25) is 9.36 Å². The number of H-pyrrole nitrogens is 1. The van der Waals surface area contributed by atoms with Crippen LogP contribution in [0.2, 0.25) is 0 Å². The number of hydrogen-bond donors (Lipinski definition) is 1. The summed E-state index contributed by atoms with van der Waals surface area (Å²) < 4.78 is 1.81. The van der Waals surface area contributed by atoms with Gasteiger partial charge in [0.05, 0.1) is 17.0 Å². The average Bonchev–Trinajstić information content (AvgIpc) is 3.14. The summed E-state index contributed by atoms with van der Waals surface area (Å²) in [4.78, 5) is 30.3. The lowest BCUT2D eigenvalue weighted by molar-refractivity contribution is -0.119. The zero-order chi connectivity index (χ0) is 20.5. The van der Waals surface area contributed by atoms with E-state index >= 15 is 0 Å². The molecule has 3 aromatic rings. The highest BCUT2D eigenvalue weighted by Crippen LogP contribution is 2.40. The van der Waals surface area contributed by atoms with Gasteiger partial charge in [0.1, 0.15) is 0 Å². The molecule has 0 bridgehead atoms. The number of rotatable bonds is 7. The minimum absolute atomic E-state index is 0.0299. The molecular weight excluding hydrogens is 362 g/mol. The molecule has 2 heterocycles. The molecule has 2 atom stereocenters. The Morgan fingerprint density at radius 1 is 1.00 bits per heavy atom. The topological polar surface area (TPSA) is 58.1 Å². The fourth-order valence-electron chi connectivity index (χ4n) is 4.44. The second-order valence-corrected chi connectivity index (χ2v) is 8.68. The molecule has 1 aliphatic rings. The van der Waals surface area contributed by atoms with Crippen molar-refractivity contribution in [2.45, 2.75) is 46.1 Å². The van der Waals surface area contributed by atoms with Crippen LogP contribution in [-0.2, 0) is 11.3 Å². The molecule has 0 radical (unpaired) electrons. The smallest absolute Gasteiger partial charge is 0.312 e. The van der Waals surface area contributed by atoms with E-state index in [1.807, 2.05) is 41.3 Å². The van der Waals surface area contributed by atoms with Gasteiger partial charge in [0.2, 0.25) is 5.91 Å². The Hall–Kier alpha value is -2.82. The normalized spacial score (nSPS) is 17.3. The summed E-state index contributed by atoms with van der Waals surface area (Å²) >= 11 is 0. The molecule has 1 aromatic heterocycles. The van der Waals surface area contributed by atoms with Crippen LogP contribution in [0.25, 0.3) is 11.0 Å². The van der Waals surface area contributed by atoms with Crippen molar-refractivity contribution in [2.75, 3.05) is 11.4 Å². The summed E-state index contributed by atoms with van der Waals surface area (Å²) in [5, 5.41) is 0. The predicted molar refractivity (Wildman–Crippen MR) is 117 cm³/mol. The van der Waals surface area contributed by atoms with Gasteiger partial charge in [-0.05, 0) is 48.4 Å². The Balaban J connectivity index is 1.48. The second-order valence-electron chi connectivity index (χ2n) is 8.68. The van der Waals surface area contributed by atoms with Crippen molar-refractivity contribution in [2.24, 2.45) is 11.8 Å². The van der Waals surface area contributed by atoms with Gasteiger partial charge in [-0.2, -0.15) is 0 Å². The number of aromatic amines is 1. The van der Waals surface area contributed by atoms with Crippen molar-refractivity contribution < 1.29 is 4.79 Å². The van der Waals surface area contributed by atoms with Crippen LogP contribution in [0.3, 0.4) is 0 Å². The first-order valence-corrected chi connectivity index (χ1v) is 10.5. The molecule has 152 valence electrons. The average molecular weight is 392 g/mol. The number of aromatic nitrogens is 2. The molecule has 1 N–H and O–H groups in total. The quantitative estimate of drug-likeness (QED) is 0.643. The summed E-state index contributed by atoms with van der Waals surface area (Å²) in [6, 6.07) is 15.9. The van der Waals surface area contributed by atoms with E-state index in [9.17, 15) is 9.59 Å². The zero-order valence-electron chi connectivity index (χ0n) is 17.4.